The monoisotopic (exact) mass is 246 g/mol. The molecule has 3 rings (SSSR count). The van der Waals surface area contributed by atoms with Crippen LogP contribution in [0.2, 0.25) is 0 Å². The Balaban J connectivity index is 2.05. The second-order valence-electron chi connectivity index (χ2n) is 4.89. The second-order valence-corrected chi connectivity index (χ2v) is 4.89. The van der Waals surface area contributed by atoms with Crippen LogP contribution >= 0.6 is 0 Å². The maximum absolute atomic E-state index is 12.0. The van der Waals surface area contributed by atoms with Crippen LogP contribution in [0.25, 0.3) is 5.65 Å². The zero-order valence-electron chi connectivity index (χ0n) is 10.6. The second kappa shape index (κ2) is 4.57. The molecule has 1 aliphatic rings. The van der Waals surface area contributed by atoms with Crippen LogP contribution in [0.3, 0.4) is 0 Å². The molecule has 1 fully saturated rings. The Morgan fingerprint density at radius 3 is 3.11 bits per heavy atom. The fraction of sp³-hybridized carbons (Fsp3) is 0.538. The third-order valence-corrected chi connectivity index (χ3v) is 3.62. The number of nitrogens with one attached hydrogen (secondary N) is 2. The molecule has 5 nitrogen and oxygen atoms in total. The number of aromatic amines is 1. The predicted molar refractivity (Wildman–Crippen MR) is 70.0 cm³/mol. The zero-order chi connectivity index (χ0) is 12.5. The zero-order valence-corrected chi connectivity index (χ0v) is 10.6. The first-order chi connectivity index (χ1) is 8.78. The van der Waals surface area contributed by atoms with Gasteiger partial charge in [0, 0.05) is 30.3 Å². The first-order valence-electron chi connectivity index (χ1n) is 6.60. The van der Waals surface area contributed by atoms with Gasteiger partial charge in [0.15, 0.2) is 5.65 Å². The molecule has 0 saturated carbocycles. The van der Waals surface area contributed by atoms with Crippen LogP contribution in [0.1, 0.15) is 37.1 Å². The smallest absolute Gasteiger partial charge is 0.272 e. The normalized spacial score (nSPS) is 20.4. The summed E-state index contributed by atoms with van der Waals surface area (Å²) in [4.78, 5) is 16.7. The van der Waals surface area contributed by atoms with Gasteiger partial charge in [-0.2, -0.15) is 0 Å². The molecule has 2 aromatic rings. The van der Waals surface area contributed by atoms with Crippen LogP contribution in [0.15, 0.2) is 16.9 Å². The molecule has 3 heterocycles. The molecule has 0 radical (unpaired) electrons. The summed E-state index contributed by atoms with van der Waals surface area (Å²) < 4.78 is 1.53. The van der Waals surface area contributed by atoms with Crippen LogP contribution in [0, 0.1) is 0 Å². The average molecular weight is 246 g/mol. The maximum Gasteiger partial charge on any atom is 0.272 e. The summed E-state index contributed by atoms with van der Waals surface area (Å²) in [6.45, 7) is 4.05. The molecule has 1 atom stereocenters. The van der Waals surface area contributed by atoms with Gasteiger partial charge in [0.2, 0.25) is 0 Å². The first-order valence-corrected chi connectivity index (χ1v) is 6.60. The van der Waals surface area contributed by atoms with E-state index in [4.69, 9.17) is 0 Å². The van der Waals surface area contributed by atoms with Gasteiger partial charge in [-0.25, -0.2) is 9.50 Å². The largest absolute Gasteiger partial charge is 0.316 e. The van der Waals surface area contributed by atoms with E-state index in [9.17, 15) is 4.79 Å². The van der Waals surface area contributed by atoms with Crippen molar-refractivity contribution in [2.75, 3.05) is 13.1 Å². The van der Waals surface area contributed by atoms with Gasteiger partial charge < -0.3 is 5.32 Å². The number of hydrogen-bond donors (Lipinski definition) is 2. The lowest BCUT2D eigenvalue weighted by molar-refractivity contribution is 0.454. The van der Waals surface area contributed by atoms with Crippen LogP contribution in [0.5, 0.6) is 0 Å². The Bertz CT molecular complexity index is 607. The molecule has 5 heteroatoms. The minimum atomic E-state index is -0.0136. The Hall–Kier alpha value is -1.62. The number of aromatic nitrogens is 3. The van der Waals surface area contributed by atoms with Gasteiger partial charge in [-0.1, -0.05) is 6.92 Å². The molecule has 1 aliphatic heterocycles. The van der Waals surface area contributed by atoms with Crippen LogP contribution in [0.4, 0.5) is 0 Å². The number of H-pyrrole nitrogens is 1. The van der Waals surface area contributed by atoms with Gasteiger partial charge in [0.05, 0.1) is 5.69 Å². The molecule has 1 unspecified atom stereocenters. The van der Waals surface area contributed by atoms with E-state index in [2.05, 4.69) is 22.3 Å². The lowest BCUT2D eigenvalue weighted by Crippen LogP contribution is -2.30. The summed E-state index contributed by atoms with van der Waals surface area (Å²) >= 11 is 0. The molecular weight excluding hydrogens is 228 g/mol. The van der Waals surface area contributed by atoms with Gasteiger partial charge in [-0.15, -0.1) is 0 Å². The van der Waals surface area contributed by atoms with Gasteiger partial charge >= 0.3 is 0 Å². The summed E-state index contributed by atoms with van der Waals surface area (Å²) in [6.07, 6.45) is 3.14. The van der Waals surface area contributed by atoms with Crippen molar-refractivity contribution in [2.45, 2.75) is 32.1 Å². The van der Waals surface area contributed by atoms with Crippen LogP contribution in [-0.4, -0.2) is 27.7 Å². The highest BCUT2D eigenvalue weighted by atomic mass is 16.1. The van der Waals surface area contributed by atoms with Crippen molar-refractivity contribution in [1.82, 2.24) is 19.9 Å². The van der Waals surface area contributed by atoms with Crippen molar-refractivity contribution < 1.29 is 0 Å². The quantitative estimate of drug-likeness (QED) is 0.832. The third kappa shape index (κ3) is 1.95. The molecule has 0 spiro atoms. The average Bonchev–Trinajstić information content (AvgIpc) is 2.83. The number of fused-ring (bicyclic) bond motifs is 1. The molecule has 0 bridgehead atoms. The standard InChI is InChI=1S/C13H18N4O/c1-2-10-6-12-15-11(7-13(18)17(12)16-10)9-4-3-5-14-8-9/h6-7,9,14,16H,2-5,8H2,1H3. The number of hydrogen-bond acceptors (Lipinski definition) is 3. The molecular formula is C13H18N4O. The SMILES string of the molecule is CCc1cc2nc(C3CCCNC3)cc(=O)n2[nH]1. The van der Waals surface area contributed by atoms with Crippen molar-refractivity contribution in [1.29, 1.82) is 0 Å². The van der Waals surface area contributed by atoms with Crippen molar-refractivity contribution in [3.63, 3.8) is 0 Å². The van der Waals surface area contributed by atoms with Crippen molar-refractivity contribution >= 4 is 5.65 Å². The van der Waals surface area contributed by atoms with E-state index in [0.717, 1.165) is 49.4 Å². The van der Waals surface area contributed by atoms with Gasteiger partial charge in [-0.05, 0) is 25.8 Å². The van der Waals surface area contributed by atoms with Crippen molar-refractivity contribution in [3.8, 4) is 0 Å². The highest BCUT2D eigenvalue weighted by Crippen LogP contribution is 2.20. The fourth-order valence-electron chi connectivity index (χ4n) is 2.55. The number of piperidine rings is 1. The highest BCUT2D eigenvalue weighted by molar-refractivity contribution is 5.40. The third-order valence-electron chi connectivity index (χ3n) is 3.62. The van der Waals surface area contributed by atoms with Crippen LogP contribution in [-0.2, 0) is 6.42 Å². The fourth-order valence-corrected chi connectivity index (χ4v) is 2.55. The summed E-state index contributed by atoms with van der Waals surface area (Å²) in [5.74, 6) is 0.372. The van der Waals surface area contributed by atoms with Gasteiger partial charge in [0.1, 0.15) is 0 Å². The molecule has 1 saturated heterocycles. The first kappa shape index (κ1) is 11.5. The van der Waals surface area contributed by atoms with Crippen molar-refractivity contribution in [3.05, 3.63) is 33.9 Å². The lowest BCUT2D eigenvalue weighted by atomic mass is 9.96. The topological polar surface area (TPSA) is 62.2 Å². The lowest BCUT2D eigenvalue weighted by Gasteiger charge is -2.21. The Kier molecular flexibility index (Phi) is 2.91. The van der Waals surface area contributed by atoms with Crippen molar-refractivity contribution in [2.24, 2.45) is 0 Å². The van der Waals surface area contributed by atoms with Gasteiger partial charge in [-0.3, -0.25) is 9.89 Å². The molecule has 0 aliphatic carbocycles. The molecule has 2 aromatic heterocycles. The van der Waals surface area contributed by atoms with E-state index in [1.807, 2.05) is 6.07 Å². The van der Waals surface area contributed by atoms with E-state index in [1.54, 1.807) is 6.07 Å². The summed E-state index contributed by atoms with van der Waals surface area (Å²) in [5, 5.41) is 6.43. The molecule has 0 aromatic carbocycles. The number of nitrogens with zero attached hydrogens (tertiary/aromatic N) is 2. The van der Waals surface area contributed by atoms with E-state index in [-0.39, 0.29) is 5.56 Å². The summed E-state index contributed by atoms with van der Waals surface area (Å²) in [7, 11) is 0. The van der Waals surface area contributed by atoms with E-state index in [0.29, 0.717) is 5.92 Å². The number of rotatable bonds is 2. The Morgan fingerprint density at radius 2 is 2.39 bits per heavy atom. The number of aryl methyl sites for hydroxylation is 1. The minimum Gasteiger partial charge on any atom is -0.316 e. The molecule has 2 N–H and O–H groups in total. The van der Waals surface area contributed by atoms with E-state index >= 15 is 0 Å². The van der Waals surface area contributed by atoms with E-state index in [1.165, 1.54) is 4.52 Å². The summed E-state index contributed by atoms with van der Waals surface area (Å²) in [6, 6.07) is 3.63. The van der Waals surface area contributed by atoms with E-state index < -0.39 is 0 Å². The van der Waals surface area contributed by atoms with Gasteiger partial charge in [0.25, 0.3) is 5.56 Å². The highest BCUT2D eigenvalue weighted by Gasteiger charge is 2.18. The predicted octanol–water partition coefficient (Wildman–Crippen LogP) is 1.05. The Morgan fingerprint density at radius 1 is 1.50 bits per heavy atom. The van der Waals surface area contributed by atoms with Crippen LogP contribution < -0.4 is 10.9 Å². The molecule has 18 heavy (non-hydrogen) atoms. The Labute approximate surface area is 105 Å². The molecule has 0 amide bonds. The summed E-state index contributed by atoms with van der Waals surface area (Å²) in [5.41, 5.74) is 2.69. The molecule has 96 valence electrons. The minimum absolute atomic E-state index is 0.0136. The maximum atomic E-state index is 12.0.